The molecule has 3 rings (SSSR count). The van der Waals surface area contributed by atoms with E-state index in [0.717, 1.165) is 89.0 Å². The van der Waals surface area contributed by atoms with Gasteiger partial charge in [0.15, 0.2) is 5.78 Å². The normalized spacial score (nSPS) is 15.1. The summed E-state index contributed by atoms with van der Waals surface area (Å²) < 4.78 is 6.31. The summed E-state index contributed by atoms with van der Waals surface area (Å²) in [5, 5.41) is 0. The number of unbranched alkanes of at least 4 members (excludes halogenated alkanes) is 3. The van der Waals surface area contributed by atoms with Crippen molar-refractivity contribution >= 4 is 11.6 Å². The average molecular weight is 601 g/mol. The van der Waals surface area contributed by atoms with Crippen LogP contribution in [0.15, 0.2) is 72.5 Å². The van der Waals surface area contributed by atoms with Gasteiger partial charge in [-0.05, 0) is 108 Å². The second kappa shape index (κ2) is 20.0. The lowest BCUT2D eigenvalue weighted by molar-refractivity contribution is -0.117. The Morgan fingerprint density at radius 3 is 2.30 bits per heavy atom. The Hall–Kier alpha value is -3.18. The predicted molar refractivity (Wildman–Crippen MR) is 183 cm³/mol. The molecule has 2 aromatic carbocycles. The van der Waals surface area contributed by atoms with E-state index >= 15 is 0 Å². The van der Waals surface area contributed by atoms with Crippen molar-refractivity contribution in [3.05, 3.63) is 89.1 Å². The molecule has 0 bridgehead atoms. The summed E-state index contributed by atoms with van der Waals surface area (Å²) >= 11 is 0. The molecule has 240 valence electrons. The van der Waals surface area contributed by atoms with E-state index in [1.807, 2.05) is 12.1 Å². The van der Waals surface area contributed by atoms with Gasteiger partial charge in [-0.2, -0.15) is 0 Å². The number of hydrogen-bond donors (Lipinski definition) is 0. The van der Waals surface area contributed by atoms with Crippen molar-refractivity contribution in [3.63, 3.8) is 0 Å². The molecule has 1 atom stereocenters. The Bertz CT molecular complexity index is 1190. The van der Waals surface area contributed by atoms with Crippen molar-refractivity contribution < 1.29 is 14.3 Å². The SMILES string of the molecule is C/C=C\C(=C/C)N1CCN(CCCCCOc2ccccc2CCC(CCCCC(C)=O)Cc2ccc(C(C)=O)cc2)CC1. The average Bonchev–Trinajstić information content (AvgIpc) is 3.03. The van der Waals surface area contributed by atoms with Crippen LogP contribution in [0, 0.1) is 5.92 Å². The molecule has 1 aliphatic heterocycles. The van der Waals surface area contributed by atoms with Gasteiger partial charge >= 0.3 is 0 Å². The number of Topliss-reactive ketones (excluding diaryl/α,β-unsaturated/α-hetero) is 2. The van der Waals surface area contributed by atoms with Crippen LogP contribution in [-0.2, 0) is 17.6 Å². The third kappa shape index (κ3) is 12.8. The summed E-state index contributed by atoms with van der Waals surface area (Å²) in [6.07, 6.45) is 16.9. The molecular formula is C39H56N2O3. The van der Waals surface area contributed by atoms with Gasteiger partial charge in [-0.3, -0.25) is 9.69 Å². The van der Waals surface area contributed by atoms with E-state index in [1.165, 1.54) is 36.2 Å². The van der Waals surface area contributed by atoms with E-state index in [2.05, 4.69) is 78.3 Å². The second-order valence-electron chi connectivity index (χ2n) is 12.4. The molecule has 1 fully saturated rings. The highest BCUT2D eigenvalue weighted by Crippen LogP contribution is 2.26. The van der Waals surface area contributed by atoms with E-state index in [-0.39, 0.29) is 11.6 Å². The number of carbonyl (C=O) groups excluding carboxylic acids is 2. The van der Waals surface area contributed by atoms with Gasteiger partial charge < -0.3 is 14.4 Å². The summed E-state index contributed by atoms with van der Waals surface area (Å²) in [5.41, 5.74) is 4.66. The van der Waals surface area contributed by atoms with Crippen LogP contribution in [0.5, 0.6) is 5.75 Å². The van der Waals surface area contributed by atoms with Gasteiger partial charge in [0.05, 0.1) is 6.61 Å². The summed E-state index contributed by atoms with van der Waals surface area (Å²) in [5.74, 6) is 1.92. The zero-order valence-electron chi connectivity index (χ0n) is 27.9. The van der Waals surface area contributed by atoms with Crippen LogP contribution in [0.3, 0.4) is 0 Å². The van der Waals surface area contributed by atoms with Crippen molar-refractivity contribution in [2.75, 3.05) is 39.3 Å². The number of hydrogen-bond acceptors (Lipinski definition) is 5. The molecule has 0 spiro atoms. The van der Waals surface area contributed by atoms with Crippen LogP contribution in [0.1, 0.15) is 101 Å². The van der Waals surface area contributed by atoms with Gasteiger partial charge in [-0.25, -0.2) is 0 Å². The first-order valence-electron chi connectivity index (χ1n) is 17.0. The number of allylic oxidation sites excluding steroid dienone is 3. The number of aryl methyl sites for hydroxylation is 1. The maximum atomic E-state index is 11.7. The molecule has 0 radical (unpaired) electrons. The topological polar surface area (TPSA) is 49.9 Å². The fraction of sp³-hybridized carbons (Fsp3) is 0.538. The highest BCUT2D eigenvalue weighted by molar-refractivity contribution is 5.94. The molecule has 0 aromatic heterocycles. The predicted octanol–water partition coefficient (Wildman–Crippen LogP) is 8.48. The minimum absolute atomic E-state index is 0.103. The first-order chi connectivity index (χ1) is 21.4. The molecule has 0 amide bonds. The molecule has 1 unspecified atom stereocenters. The number of nitrogens with zero attached hydrogens (tertiary/aromatic N) is 2. The van der Waals surface area contributed by atoms with Crippen LogP contribution in [-0.4, -0.2) is 60.7 Å². The Morgan fingerprint density at radius 2 is 1.61 bits per heavy atom. The van der Waals surface area contributed by atoms with Gasteiger partial charge in [0.2, 0.25) is 0 Å². The highest BCUT2D eigenvalue weighted by atomic mass is 16.5. The molecule has 0 saturated carbocycles. The number of rotatable bonds is 20. The number of benzene rings is 2. The van der Waals surface area contributed by atoms with Gasteiger partial charge in [0.1, 0.15) is 11.5 Å². The molecule has 1 heterocycles. The molecular weight excluding hydrogens is 544 g/mol. The van der Waals surface area contributed by atoms with Crippen molar-refractivity contribution in [2.45, 2.75) is 91.9 Å². The van der Waals surface area contributed by atoms with E-state index < -0.39 is 0 Å². The fourth-order valence-corrected chi connectivity index (χ4v) is 6.16. The maximum absolute atomic E-state index is 11.7. The van der Waals surface area contributed by atoms with E-state index in [0.29, 0.717) is 12.3 Å². The second-order valence-corrected chi connectivity index (χ2v) is 12.4. The fourth-order valence-electron chi connectivity index (χ4n) is 6.16. The smallest absolute Gasteiger partial charge is 0.159 e. The van der Waals surface area contributed by atoms with Crippen molar-refractivity contribution in [3.8, 4) is 5.75 Å². The number of carbonyl (C=O) groups is 2. The lowest BCUT2D eigenvalue weighted by Gasteiger charge is -2.36. The summed E-state index contributed by atoms with van der Waals surface area (Å²) in [4.78, 5) is 28.2. The minimum atomic E-state index is 0.103. The Balaban J connectivity index is 1.42. The third-order valence-electron chi connectivity index (χ3n) is 8.82. The Kier molecular flexibility index (Phi) is 16.0. The quantitative estimate of drug-likeness (QED) is 0.0867. The molecule has 2 aromatic rings. The highest BCUT2D eigenvalue weighted by Gasteiger charge is 2.17. The van der Waals surface area contributed by atoms with Gasteiger partial charge in [0, 0.05) is 43.9 Å². The van der Waals surface area contributed by atoms with Crippen LogP contribution in [0.2, 0.25) is 0 Å². The molecule has 44 heavy (non-hydrogen) atoms. The molecule has 0 N–H and O–H groups in total. The van der Waals surface area contributed by atoms with E-state index in [1.54, 1.807) is 13.8 Å². The number of ether oxygens (including phenoxy) is 1. The maximum Gasteiger partial charge on any atom is 0.159 e. The van der Waals surface area contributed by atoms with Crippen molar-refractivity contribution in [1.82, 2.24) is 9.80 Å². The van der Waals surface area contributed by atoms with Gasteiger partial charge in [-0.15, -0.1) is 0 Å². The first-order valence-corrected chi connectivity index (χ1v) is 17.0. The van der Waals surface area contributed by atoms with Crippen molar-refractivity contribution in [1.29, 1.82) is 0 Å². The van der Waals surface area contributed by atoms with Crippen LogP contribution >= 0.6 is 0 Å². The molecule has 1 saturated heterocycles. The molecule has 1 aliphatic rings. The van der Waals surface area contributed by atoms with E-state index in [4.69, 9.17) is 4.74 Å². The van der Waals surface area contributed by atoms with Crippen LogP contribution < -0.4 is 4.74 Å². The zero-order valence-corrected chi connectivity index (χ0v) is 27.9. The van der Waals surface area contributed by atoms with Gasteiger partial charge in [0.25, 0.3) is 0 Å². The van der Waals surface area contributed by atoms with Crippen molar-refractivity contribution in [2.24, 2.45) is 5.92 Å². The Labute approximate surface area is 267 Å². The molecule has 0 aliphatic carbocycles. The molecule has 5 heteroatoms. The number of para-hydroxylation sites is 1. The monoisotopic (exact) mass is 600 g/mol. The first kappa shape index (κ1) is 35.3. The molecule has 5 nitrogen and oxygen atoms in total. The van der Waals surface area contributed by atoms with E-state index in [9.17, 15) is 9.59 Å². The number of ketones is 2. The minimum Gasteiger partial charge on any atom is -0.493 e. The third-order valence-corrected chi connectivity index (χ3v) is 8.82. The standard InChI is InChI=1S/C39H56N2O3/c1-5-14-38(6-2)41-28-26-40(27-29-41)25-12-7-13-30-44-39-18-11-10-17-37(39)24-21-34(16-9-8-15-32(3)42)31-35-19-22-36(23-20-35)33(4)43/h5-6,10-11,14,17-20,22-23,34H,7-9,12-13,15-16,21,24-31H2,1-4H3/b14-5-,38-6+. The summed E-state index contributed by atoms with van der Waals surface area (Å²) in [6.45, 7) is 13.9. The lowest BCUT2D eigenvalue weighted by Crippen LogP contribution is -2.45. The van der Waals surface area contributed by atoms with Crippen LogP contribution in [0.4, 0.5) is 0 Å². The number of piperazine rings is 1. The zero-order chi connectivity index (χ0) is 31.6. The van der Waals surface area contributed by atoms with Gasteiger partial charge in [-0.1, -0.05) is 67.5 Å². The van der Waals surface area contributed by atoms with Crippen LogP contribution in [0.25, 0.3) is 0 Å². The largest absolute Gasteiger partial charge is 0.493 e. The summed E-state index contributed by atoms with van der Waals surface area (Å²) in [6, 6.07) is 16.6. The lowest BCUT2D eigenvalue weighted by atomic mass is 9.88. The Morgan fingerprint density at radius 1 is 0.864 bits per heavy atom. The summed E-state index contributed by atoms with van der Waals surface area (Å²) in [7, 11) is 0.